The summed E-state index contributed by atoms with van der Waals surface area (Å²) in [6.07, 6.45) is 2.32. The molecule has 2 aromatic carbocycles. The molecule has 26 heavy (non-hydrogen) atoms. The summed E-state index contributed by atoms with van der Waals surface area (Å²) in [6.45, 7) is 7.58. The van der Waals surface area contributed by atoms with Crippen molar-refractivity contribution in [2.45, 2.75) is 20.3 Å². The van der Waals surface area contributed by atoms with Gasteiger partial charge in [-0.15, -0.1) is 0 Å². The summed E-state index contributed by atoms with van der Waals surface area (Å²) in [7, 11) is 1.67. The van der Waals surface area contributed by atoms with Gasteiger partial charge < -0.3 is 4.74 Å². The lowest BCUT2D eigenvalue weighted by molar-refractivity contribution is -0.113. The van der Waals surface area contributed by atoms with Gasteiger partial charge in [0, 0.05) is 29.1 Å². The van der Waals surface area contributed by atoms with Crippen LogP contribution < -0.4 is 4.74 Å². The lowest BCUT2D eigenvalue weighted by atomic mass is 10.0. The molecule has 0 aliphatic rings. The Morgan fingerprint density at radius 2 is 2.04 bits per heavy atom. The van der Waals surface area contributed by atoms with E-state index in [1.54, 1.807) is 14.0 Å². The first-order chi connectivity index (χ1) is 12.5. The molecule has 0 bridgehead atoms. The third kappa shape index (κ3) is 2.37. The predicted molar refractivity (Wildman–Crippen MR) is 105 cm³/mol. The second kappa shape index (κ2) is 5.99. The lowest BCUT2D eigenvalue weighted by Crippen LogP contribution is -2.03. The molecule has 4 nitrogen and oxygen atoms in total. The van der Waals surface area contributed by atoms with E-state index in [0.29, 0.717) is 12.0 Å². The fourth-order valence-electron chi connectivity index (χ4n) is 3.56. The van der Waals surface area contributed by atoms with Crippen LogP contribution in [0.1, 0.15) is 18.2 Å². The van der Waals surface area contributed by atoms with Crippen LogP contribution >= 0.6 is 0 Å². The maximum atomic E-state index is 11.7. The van der Waals surface area contributed by atoms with Crippen LogP contribution in [0.3, 0.4) is 0 Å². The molecule has 0 atom stereocenters. The number of carbonyl (C=O) groups is 1. The van der Waals surface area contributed by atoms with Gasteiger partial charge in [0.1, 0.15) is 11.4 Å². The Kier molecular flexibility index (Phi) is 3.76. The highest BCUT2D eigenvalue weighted by molar-refractivity contribution is 6.13. The average molecular weight is 344 g/mol. The minimum Gasteiger partial charge on any atom is -0.497 e. The topological polar surface area (TPSA) is 43.6 Å². The molecule has 0 amide bonds. The van der Waals surface area contributed by atoms with Crippen molar-refractivity contribution >= 4 is 33.1 Å². The van der Waals surface area contributed by atoms with Crippen LogP contribution in [-0.4, -0.2) is 22.3 Å². The second-order valence-electron chi connectivity index (χ2n) is 6.63. The van der Waals surface area contributed by atoms with Gasteiger partial charge in [-0.25, -0.2) is 4.98 Å². The van der Waals surface area contributed by atoms with Crippen molar-refractivity contribution in [2.75, 3.05) is 7.11 Å². The summed E-state index contributed by atoms with van der Waals surface area (Å²) in [5.41, 5.74) is 4.69. The van der Waals surface area contributed by atoms with E-state index in [1.807, 2.05) is 18.3 Å². The van der Waals surface area contributed by atoms with Gasteiger partial charge in [-0.1, -0.05) is 18.7 Å². The number of nitrogens with zero attached hydrogens (tertiary/aromatic N) is 2. The highest BCUT2D eigenvalue weighted by atomic mass is 16.5. The van der Waals surface area contributed by atoms with Crippen LogP contribution in [0.2, 0.25) is 0 Å². The summed E-state index contributed by atoms with van der Waals surface area (Å²) in [5, 5.41) is 3.37. The Morgan fingerprint density at radius 1 is 1.23 bits per heavy atom. The van der Waals surface area contributed by atoms with Crippen molar-refractivity contribution in [1.29, 1.82) is 0 Å². The Labute approximate surface area is 151 Å². The number of fused-ring (bicyclic) bond motifs is 6. The fourth-order valence-corrected chi connectivity index (χ4v) is 3.56. The first-order valence-electron chi connectivity index (χ1n) is 8.55. The van der Waals surface area contributed by atoms with E-state index >= 15 is 0 Å². The van der Waals surface area contributed by atoms with E-state index in [2.05, 4.69) is 47.2 Å². The number of ketones is 1. The van der Waals surface area contributed by atoms with Gasteiger partial charge >= 0.3 is 0 Å². The largest absolute Gasteiger partial charge is 0.497 e. The van der Waals surface area contributed by atoms with E-state index in [0.717, 1.165) is 33.4 Å². The number of aromatic nitrogens is 2. The van der Waals surface area contributed by atoms with Crippen LogP contribution in [0.4, 0.5) is 0 Å². The highest BCUT2D eigenvalue weighted by Gasteiger charge is 2.16. The Hall–Kier alpha value is -3.14. The van der Waals surface area contributed by atoms with Crippen molar-refractivity contribution in [2.24, 2.45) is 0 Å². The molecule has 0 aliphatic heterocycles. The first kappa shape index (κ1) is 16.3. The van der Waals surface area contributed by atoms with Gasteiger partial charge in [-0.05, 0) is 54.6 Å². The number of ether oxygens (including phenoxy) is 1. The molecular weight excluding hydrogens is 324 g/mol. The molecular formula is C22H20N2O2. The Bertz CT molecular complexity index is 1200. The summed E-state index contributed by atoms with van der Waals surface area (Å²) in [6, 6.07) is 12.4. The number of Topliss-reactive ketones (excluding diaryl/α,β-unsaturated/α-hetero) is 1. The Morgan fingerprint density at radius 3 is 2.77 bits per heavy atom. The summed E-state index contributed by atoms with van der Waals surface area (Å²) in [5.74, 6) is 0.799. The van der Waals surface area contributed by atoms with E-state index in [1.165, 1.54) is 10.9 Å². The normalized spacial score (nSPS) is 11.3. The quantitative estimate of drug-likeness (QED) is 0.400. The standard InChI is InChI=1S/C22H20N2O2/c1-13-6-5-7-20-21(13)18-9-8-17(26-4)11-19(18)22-23-12-16(24(20)22)10-14(2)15(3)25/h5-9,11-12H,2,10H2,1,3-4H3. The maximum Gasteiger partial charge on any atom is 0.155 e. The van der Waals surface area contributed by atoms with E-state index in [-0.39, 0.29) is 5.78 Å². The zero-order valence-corrected chi connectivity index (χ0v) is 15.2. The fraction of sp³-hybridized carbons (Fsp3) is 0.182. The van der Waals surface area contributed by atoms with Crippen LogP contribution in [0.5, 0.6) is 5.75 Å². The highest BCUT2D eigenvalue weighted by Crippen LogP contribution is 2.34. The lowest BCUT2D eigenvalue weighted by Gasteiger charge is -2.13. The van der Waals surface area contributed by atoms with Gasteiger partial charge in [0.15, 0.2) is 5.78 Å². The predicted octanol–water partition coefficient (Wildman–Crippen LogP) is 4.65. The van der Waals surface area contributed by atoms with Gasteiger partial charge in [-0.2, -0.15) is 0 Å². The number of aryl methyl sites for hydroxylation is 1. The van der Waals surface area contributed by atoms with Crippen molar-refractivity contribution in [1.82, 2.24) is 9.38 Å². The number of carbonyl (C=O) groups excluding carboxylic acids is 1. The molecule has 4 rings (SSSR count). The average Bonchev–Trinajstić information content (AvgIpc) is 3.05. The van der Waals surface area contributed by atoms with E-state index < -0.39 is 0 Å². The van der Waals surface area contributed by atoms with E-state index in [9.17, 15) is 4.79 Å². The van der Waals surface area contributed by atoms with Gasteiger partial charge in [-0.3, -0.25) is 9.20 Å². The molecule has 4 heteroatoms. The molecule has 2 aromatic heterocycles. The number of methoxy groups -OCH3 is 1. The third-order valence-corrected chi connectivity index (χ3v) is 4.96. The van der Waals surface area contributed by atoms with Crippen LogP contribution in [0, 0.1) is 6.92 Å². The molecule has 4 aromatic rings. The molecule has 130 valence electrons. The molecule has 0 aliphatic carbocycles. The zero-order valence-electron chi connectivity index (χ0n) is 15.2. The van der Waals surface area contributed by atoms with Crippen LogP contribution in [0.15, 0.2) is 54.7 Å². The van der Waals surface area contributed by atoms with Crippen molar-refractivity contribution in [3.8, 4) is 5.75 Å². The number of imidazole rings is 1. The molecule has 0 radical (unpaired) electrons. The van der Waals surface area contributed by atoms with Gasteiger partial charge in [0.05, 0.1) is 12.6 Å². The third-order valence-electron chi connectivity index (χ3n) is 4.96. The van der Waals surface area contributed by atoms with Crippen molar-refractivity contribution in [3.63, 3.8) is 0 Å². The number of hydrogen-bond donors (Lipinski definition) is 0. The zero-order chi connectivity index (χ0) is 18.4. The van der Waals surface area contributed by atoms with Crippen molar-refractivity contribution < 1.29 is 9.53 Å². The number of rotatable bonds is 4. The minimum atomic E-state index is 0.00268. The molecule has 0 saturated carbocycles. The molecule has 0 fully saturated rings. The summed E-state index contributed by atoms with van der Waals surface area (Å²) < 4.78 is 7.56. The SMILES string of the molecule is C=C(Cc1cnc2c3cc(OC)ccc3c3c(C)cccc3n12)C(C)=O. The van der Waals surface area contributed by atoms with E-state index in [4.69, 9.17) is 4.74 Å². The van der Waals surface area contributed by atoms with Crippen LogP contribution in [0.25, 0.3) is 27.3 Å². The maximum absolute atomic E-state index is 11.7. The summed E-state index contributed by atoms with van der Waals surface area (Å²) >= 11 is 0. The summed E-state index contributed by atoms with van der Waals surface area (Å²) in [4.78, 5) is 16.3. The minimum absolute atomic E-state index is 0.00268. The Balaban J connectivity index is 2.16. The van der Waals surface area contributed by atoms with Gasteiger partial charge in [0.25, 0.3) is 0 Å². The number of pyridine rings is 1. The molecule has 0 unspecified atom stereocenters. The smallest absolute Gasteiger partial charge is 0.155 e. The first-order valence-corrected chi connectivity index (χ1v) is 8.55. The van der Waals surface area contributed by atoms with Crippen molar-refractivity contribution in [3.05, 3.63) is 66.0 Å². The van der Waals surface area contributed by atoms with Gasteiger partial charge in [0.2, 0.25) is 0 Å². The molecule has 0 spiro atoms. The number of hydrogen-bond acceptors (Lipinski definition) is 3. The number of benzene rings is 2. The van der Waals surface area contributed by atoms with Crippen LogP contribution in [-0.2, 0) is 11.2 Å². The monoisotopic (exact) mass is 344 g/mol. The molecule has 2 heterocycles. The second-order valence-corrected chi connectivity index (χ2v) is 6.63. The number of allylic oxidation sites excluding steroid dienone is 1. The molecule has 0 saturated heterocycles. The molecule has 0 N–H and O–H groups in total.